The van der Waals surface area contributed by atoms with E-state index in [9.17, 15) is 9.59 Å². The van der Waals surface area contributed by atoms with Gasteiger partial charge in [-0.1, -0.05) is 42.3 Å². The lowest BCUT2D eigenvalue weighted by molar-refractivity contribution is -0.139. The summed E-state index contributed by atoms with van der Waals surface area (Å²) in [7, 11) is 0. The fraction of sp³-hybridized carbons (Fsp3) is 0.364. The second kappa shape index (κ2) is 9.99. The van der Waals surface area contributed by atoms with Crippen LogP contribution in [0.5, 0.6) is 5.75 Å². The van der Waals surface area contributed by atoms with E-state index < -0.39 is 0 Å². The van der Waals surface area contributed by atoms with Gasteiger partial charge in [-0.2, -0.15) is 0 Å². The third-order valence-corrected chi connectivity index (χ3v) is 5.52. The molecule has 1 saturated heterocycles. The molecule has 0 aromatic heterocycles. The Morgan fingerprint density at radius 2 is 1.66 bits per heavy atom. The zero-order valence-electron chi connectivity index (χ0n) is 16.2. The van der Waals surface area contributed by atoms with E-state index in [4.69, 9.17) is 27.9 Å². The Balaban J connectivity index is 1.38. The summed E-state index contributed by atoms with van der Waals surface area (Å²) in [5.74, 6) is 0.648. The first-order valence-corrected chi connectivity index (χ1v) is 10.4. The average Bonchev–Trinajstić information content (AvgIpc) is 2.68. The maximum absolute atomic E-state index is 12.8. The zero-order valence-corrected chi connectivity index (χ0v) is 17.7. The number of ether oxygens (including phenoxy) is 1. The van der Waals surface area contributed by atoms with Crippen molar-refractivity contribution >= 4 is 35.0 Å². The summed E-state index contributed by atoms with van der Waals surface area (Å²) in [6.07, 6.45) is 0.737. The smallest absolute Gasteiger partial charge is 0.257 e. The van der Waals surface area contributed by atoms with Crippen molar-refractivity contribution in [1.29, 1.82) is 0 Å². The Morgan fingerprint density at radius 3 is 2.24 bits per heavy atom. The molecule has 29 heavy (non-hydrogen) atoms. The van der Waals surface area contributed by atoms with Crippen LogP contribution in [-0.2, 0) is 9.59 Å². The summed E-state index contributed by atoms with van der Waals surface area (Å²) in [6, 6.07) is 14.3. The molecule has 1 aliphatic rings. The number of benzene rings is 2. The number of carbonyl (C=O) groups excluding carboxylic acids is 2. The number of amides is 2. The molecule has 5 nitrogen and oxygen atoms in total. The first-order chi connectivity index (χ1) is 14.0. The quantitative estimate of drug-likeness (QED) is 0.678. The number of carbonyl (C=O) groups is 2. The molecule has 1 atom stereocenters. The number of nitrogens with one attached hydrogen (secondary N) is 1. The summed E-state index contributed by atoms with van der Waals surface area (Å²) in [5, 5.41) is 4.14. The second-order valence-electron chi connectivity index (χ2n) is 7.17. The van der Waals surface area contributed by atoms with Crippen LogP contribution in [0.25, 0.3) is 0 Å². The van der Waals surface area contributed by atoms with Crippen molar-refractivity contribution in [1.82, 2.24) is 10.2 Å². The van der Waals surface area contributed by atoms with E-state index in [0.29, 0.717) is 35.4 Å². The predicted octanol–water partition coefficient (Wildman–Crippen LogP) is 4.14. The van der Waals surface area contributed by atoms with E-state index in [1.54, 1.807) is 24.3 Å². The molecular weight excluding hydrogens is 411 g/mol. The van der Waals surface area contributed by atoms with Crippen molar-refractivity contribution in [3.63, 3.8) is 0 Å². The Hall–Kier alpha value is -2.24. The van der Waals surface area contributed by atoms with Crippen LogP contribution < -0.4 is 10.1 Å². The van der Waals surface area contributed by atoms with E-state index in [0.717, 1.165) is 12.0 Å². The highest BCUT2D eigenvalue weighted by molar-refractivity contribution is 6.30. The molecule has 1 unspecified atom stereocenters. The normalized spacial score (nSPS) is 14.8. The number of halogens is 2. The van der Waals surface area contributed by atoms with Crippen molar-refractivity contribution in [3.05, 3.63) is 64.1 Å². The number of rotatable bonds is 8. The fourth-order valence-electron chi connectivity index (χ4n) is 3.34. The highest BCUT2D eigenvalue weighted by Gasteiger charge is 2.34. The molecule has 0 bridgehead atoms. The highest BCUT2D eigenvalue weighted by atomic mass is 35.5. The molecule has 154 valence electrons. The van der Waals surface area contributed by atoms with Gasteiger partial charge in [0.1, 0.15) is 5.75 Å². The first kappa shape index (κ1) is 21.5. The van der Waals surface area contributed by atoms with Crippen molar-refractivity contribution in [2.24, 2.45) is 5.92 Å². The van der Waals surface area contributed by atoms with E-state index in [1.165, 1.54) is 0 Å². The van der Waals surface area contributed by atoms with E-state index >= 15 is 0 Å². The van der Waals surface area contributed by atoms with Crippen LogP contribution in [0.2, 0.25) is 10.0 Å². The predicted molar refractivity (Wildman–Crippen MR) is 115 cm³/mol. The third-order valence-electron chi connectivity index (χ3n) is 5.02. The van der Waals surface area contributed by atoms with Gasteiger partial charge in [0.2, 0.25) is 5.91 Å². The Kier molecular flexibility index (Phi) is 7.40. The van der Waals surface area contributed by atoms with Crippen LogP contribution in [0.3, 0.4) is 0 Å². The van der Waals surface area contributed by atoms with Crippen LogP contribution in [0, 0.1) is 5.92 Å². The van der Waals surface area contributed by atoms with Crippen molar-refractivity contribution < 1.29 is 14.3 Å². The second-order valence-corrected chi connectivity index (χ2v) is 8.04. The largest absolute Gasteiger partial charge is 0.484 e. The maximum atomic E-state index is 12.8. The molecule has 2 aromatic carbocycles. The standard InChI is InChI=1S/C22H24Cl2N2O3/c1-2-20(16-3-5-17(23)6-4-16)22(28)26-12-15(13-26)11-25-21(27)14-29-19-9-7-18(24)8-10-19/h3-10,15,20H,2,11-14H2,1H3,(H,25,27). The monoisotopic (exact) mass is 434 g/mol. The van der Waals surface area contributed by atoms with Gasteiger partial charge in [-0.25, -0.2) is 0 Å². The third kappa shape index (κ3) is 5.87. The lowest BCUT2D eigenvalue weighted by Crippen LogP contribution is -2.55. The lowest BCUT2D eigenvalue weighted by Gasteiger charge is -2.41. The van der Waals surface area contributed by atoms with Gasteiger partial charge in [0.25, 0.3) is 5.91 Å². The topological polar surface area (TPSA) is 58.6 Å². The van der Waals surface area contributed by atoms with Gasteiger partial charge in [0.05, 0.1) is 5.92 Å². The summed E-state index contributed by atoms with van der Waals surface area (Å²) < 4.78 is 5.42. The number of hydrogen-bond acceptors (Lipinski definition) is 3. The summed E-state index contributed by atoms with van der Waals surface area (Å²) in [6.45, 7) is 3.80. The molecule has 1 heterocycles. The van der Waals surface area contributed by atoms with Gasteiger partial charge >= 0.3 is 0 Å². The summed E-state index contributed by atoms with van der Waals surface area (Å²) in [5.41, 5.74) is 0.984. The molecule has 0 spiro atoms. The number of hydrogen-bond donors (Lipinski definition) is 1. The first-order valence-electron chi connectivity index (χ1n) is 9.65. The molecule has 2 amide bonds. The van der Waals surface area contributed by atoms with Crippen LogP contribution in [-0.4, -0.2) is 43.0 Å². The Bertz CT molecular complexity index is 834. The number of likely N-dealkylation sites (tertiary alicyclic amines) is 1. The molecule has 3 rings (SSSR count). The molecular formula is C22H24Cl2N2O3. The van der Waals surface area contributed by atoms with Gasteiger partial charge < -0.3 is 15.0 Å². The van der Waals surface area contributed by atoms with Gasteiger partial charge in [-0.15, -0.1) is 0 Å². The van der Waals surface area contributed by atoms with Gasteiger partial charge in [0, 0.05) is 35.6 Å². The molecule has 0 radical (unpaired) electrons. The molecule has 1 aliphatic heterocycles. The fourth-order valence-corrected chi connectivity index (χ4v) is 3.59. The van der Waals surface area contributed by atoms with Crippen molar-refractivity contribution in [2.75, 3.05) is 26.2 Å². The van der Waals surface area contributed by atoms with Crippen molar-refractivity contribution in [2.45, 2.75) is 19.3 Å². The minimum atomic E-state index is -0.183. The molecule has 0 aliphatic carbocycles. The molecule has 7 heteroatoms. The Labute approximate surface area is 180 Å². The maximum Gasteiger partial charge on any atom is 0.257 e. The molecule has 0 saturated carbocycles. The minimum Gasteiger partial charge on any atom is -0.484 e. The lowest BCUT2D eigenvalue weighted by atomic mass is 9.91. The van der Waals surface area contributed by atoms with E-state index in [1.807, 2.05) is 36.1 Å². The van der Waals surface area contributed by atoms with Crippen LogP contribution in [0.1, 0.15) is 24.8 Å². The highest BCUT2D eigenvalue weighted by Crippen LogP contribution is 2.27. The Morgan fingerprint density at radius 1 is 1.07 bits per heavy atom. The van der Waals surface area contributed by atoms with Gasteiger partial charge in [0.15, 0.2) is 6.61 Å². The average molecular weight is 435 g/mol. The van der Waals surface area contributed by atoms with Crippen LogP contribution in [0.15, 0.2) is 48.5 Å². The van der Waals surface area contributed by atoms with E-state index in [2.05, 4.69) is 5.32 Å². The van der Waals surface area contributed by atoms with Gasteiger partial charge in [-0.3, -0.25) is 9.59 Å². The van der Waals surface area contributed by atoms with Gasteiger partial charge in [-0.05, 0) is 48.4 Å². The zero-order chi connectivity index (χ0) is 20.8. The number of nitrogens with zero attached hydrogens (tertiary/aromatic N) is 1. The molecule has 1 fully saturated rings. The molecule has 2 aromatic rings. The van der Waals surface area contributed by atoms with Crippen LogP contribution >= 0.6 is 23.2 Å². The van der Waals surface area contributed by atoms with Crippen LogP contribution in [0.4, 0.5) is 0 Å². The van der Waals surface area contributed by atoms with Crippen molar-refractivity contribution in [3.8, 4) is 5.75 Å². The van der Waals surface area contributed by atoms with E-state index in [-0.39, 0.29) is 30.3 Å². The summed E-state index contributed by atoms with van der Waals surface area (Å²) in [4.78, 5) is 26.6. The summed E-state index contributed by atoms with van der Waals surface area (Å²) >= 11 is 11.8. The SMILES string of the molecule is CCC(C(=O)N1CC(CNC(=O)COc2ccc(Cl)cc2)C1)c1ccc(Cl)cc1. The minimum absolute atomic E-state index is 0.0501. The molecule has 1 N–H and O–H groups in total.